The molecule has 0 saturated heterocycles. The number of fused-ring (bicyclic) bond motifs is 1. The lowest BCUT2D eigenvalue weighted by Gasteiger charge is -2.10. The molecule has 1 heterocycles. The smallest absolute Gasteiger partial charge is 0.141 e. The second-order valence-corrected chi connectivity index (χ2v) is 6.01. The van der Waals surface area contributed by atoms with Gasteiger partial charge in [0.1, 0.15) is 23.2 Å². The molecule has 0 spiro atoms. The van der Waals surface area contributed by atoms with Crippen LogP contribution in [0.5, 0.6) is 5.75 Å². The number of hydrogen-bond donors (Lipinski definition) is 0. The zero-order valence-electron chi connectivity index (χ0n) is 14.1. The third-order valence-corrected chi connectivity index (χ3v) is 4.31. The maximum absolute atomic E-state index is 13.3. The largest absolute Gasteiger partial charge is 0.497 e. The average Bonchev–Trinajstić information content (AvgIpc) is 3.01. The molecule has 0 unspecified atom stereocenters. The van der Waals surface area contributed by atoms with E-state index in [0.29, 0.717) is 6.54 Å². The third-order valence-electron chi connectivity index (χ3n) is 4.31. The van der Waals surface area contributed by atoms with E-state index in [0.717, 1.165) is 33.7 Å². The van der Waals surface area contributed by atoms with Gasteiger partial charge in [0.25, 0.3) is 0 Å². The number of hydrogen-bond acceptors (Lipinski definition) is 2. The monoisotopic (exact) mass is 350 g/mol. The number of aromatic nitrogens is 2. The van der Waals surface area contributed by atoms with Crippen molar-refractivity contribution < 1.29 is 13.5 Å². The molecule has 3 nitrogen and oxygen atoms in total. The van der Waals surface area contributed by atoms with Gasteiger partial charge in [-0.25, -0.2) is 13.8 Å². The maximum atomic E-state index is 13.3. The van der Waals surface area contributed by atoms with Crippen molar-refractivity contribution in [1.82, 2.24) is 9.55 Å². The van der Waals surface area contributed by atoms with Crippen LogP contribution >= 0.6 is 0 Å². The normalized spacial score (nSPS) is 11.0. The Hall–Kier alpha value is -3.21. The molecule has 5 heteroatoms. The molecule has 1 aromatic heterocycles. The van der Waals surface area contributed by atoms with Crippen LogP contribution in [0.1, 0.15) is 5.56 Å². The number of benzene rings is 3. The predicted molar refractivity (Wildman–Crippen MR) is 97.2 cm³/mol. The van der Waals surface area contributed by atoms with Crippen LogP contribution in [0.25, 0.3) is 22.4 Å². The zero-order chi connectivity index (χ0) is 18.1. The van der Waals surface area contributed by atoms with E-state index in [1.165, 1.54) is 24.3 Å². The van der Waals surface area contributed by atoms with Crippen molar-refractivity contribution >= 4 is 11.0 Å². The third kappa shape index (κ3) is 3.04. The summed E-state index contributed by atoms with van der Waals surface area (Å²) in [5.41, 5.74) is 3.47. The van der Waals surface area contributed by atoms with E-state index in [4.69, 9.17) is 9.72 Å². The number of halogens is 2. The van der Waals surface area contributed by atoms with Crippen LogP contribution in [0.3, 0.4) is 0 Å². The average molecular weight is 350 g/mol. The van der Waals surface area contributed by atoms with E-state index < -0.39 is 0 Å². The molecular formula is C21H16F2N2O. The zero-order valence-corrected chi connectivity index (χ0v) is 14.1. The molecule has 0 N–H and O–H groups in total. The Morgan fingerprint density at radius 1 is 0.885 bits per heavy atom. The molecule has 0 aliphatic heterocycles. The summed E-state index contributed by atoms with van der Waals surface area (Å²) < 4.78 is 33.8. The highest BCUT2D eigenvalue weighted by molar-refractivity contribution is 5.82. The topological polar surface area (TPSA) is 27.1 Å². The fraction of sp³-hybridized carbons (Fsp3) is 0.0952. The minimum absolute atomic E-state index is 0.271. The lowest BCUT2D eigenvalue weighted by atomic mass is 10.2. The van der Waals surface area contributed by atoms with Gasteiger partial charge in [0.05, 0.1) is 18.1 Å². The van der Waals surface area contributed by atoms with Crippen molar-refractivity contribution in [3.63, 3.8) is 0 Å². The summed E-state index contributed by atoms with van der Waals surface area (Å²) in [5, 5.41) is 0. The fourth-order valence-corrected chi connectivity index (χ4v) is 2.99. The summed E-state index contributed by atoms with van der Waals surface area (Å²) in [4.78, 5) is 4.72. The van der Waals surface area contributed by atoms with Crippen LogP contribution < -0.4 is 4.74 Å². The molecule has 0 radical (unpaired) electrons. The van der Waals surface area contributed by atoms with Crippen molar-refractivity contribution in [3.05, 3.63) is 83.9 Å². The summed E-state index contributed by atoms with van der Waals surface area (Å²) in [6.45, 7) is 0.524. The fourth-order valence-electron chi connectivity index (χ4n) is 2.99. The van der Waals surface area contributed by atoms with Gasteiger partial charge in [-0.05, 0) is 54.1 Å². The van der Waals surface area contributed by atoms with Crippen molar-refractivity contribution in [2.45, 2.75) is 6.54 Å². The molecule has 0 aliphatic rings. The van der Waals surface area contributed by atoms with Gasteiger partial charge in [0.2, 0.25) is 0 Å². The van der Waals surface area contributed by atoms with Crippen molar-refractivity contribution in [3.8, 4) is 17.1 Å². The van der Waals surface area contributed by atoms with E-state index in [-0.39, 0.29) is 11.6 Å². The number of nitrogens with zero attached hydrogens (tertiary/aromatic N) is 2. The molecule has 0 aliphatic carbocycles. The van der Waals surface area contributed by atoms with Crippen molar-refractivity contribution in [2.24, 2.45) is 0 Å². The quantitative estimate of drug-likeness (QED) is 0.516. The van der Waals surface area contributed by atoms with Crippen LogP contribution in [0.2, 0.25) is 0 Å². The van der Waals surface area contributed by atoms with E-state index >= 15 is 0 Å². The van der Waals surface area contributed by atoms with Gasteiger partial charge in [-0.2, -0.15) is 0 Å². The summed E-state index contributed by atoms with van der Waals surface area (Å²) in [7, 11) is 1.61. The molecule has 3 aromatic carbocycles. The van der Waals surface area contributed by atoms with Gasteiger partial charge in [-0.1, -0.05) is 12.1 Å². The summed E-state index contributed by atoms with van der Waals surface area (Å²) in [6, 6.07) is 18.3. The van der Waals surface area contributed by atoms with Gasteiger partial charge in [-0.3, -0.25) is 0 Å². The Morgan fingerprint density at radius 3 is 2.19 bits per heavy atom. The van der Waals surface area contributed by atoms with Gasteiger partial charge < -0.3 is 9.30 Å². The van der Waals surface area contributed by atoms with Gasteiger partial charge in [0.15, 0.2) is 0 Å². The van der Waals surface area contributed by atoms with Crippen LogP contribution in [-0.2, 0) is 6.54 Å². The first-order valence-corrected chi connectivity index (χ1v) is 8.19. The molecule has 4 aromatic rings. The van der Waals surface area contributed by atoms with E-state index in [1.807, 2.05) is 22.8 Å². The van der Waals surface area contributed by atoms with E-state index in [1.54, 1.807) is 31.4 Å². The molecule has 0 bridgehead atoms. The molecule has 0 saturated carbocycles. The number of rotatable bonds is 4. The summed E-state index contributed by atoms with van der Waals surface area (Å²) >= 11 is 0. The molecule has 0 amide bonds. The van der Waals surface area contributed by atoms with Crippen LogP contribution in [0, 0.1) is 11.6 Å². The second-order valence-electron chi connectivity index (χ2n) is 6.01. The van der Waals surface area contributed by atoms with Gasteiger partial charge in [-0.15, -0.1) is 0 Å². The minimum atomic E-state index is -0.295. The Balaban J connectivity index is 1.87. The first kappa shape index (κ1) is 16.3. The number of ether oxygens (including phenoxy) is 1. The minimum Gasteiger partial charge on any atom is -0.497 e. The molecule has 0 atom stereocenters. The lowest BCUT2D eigenvalue weighted by Crippen LogP contribution is -2.02. The first-order chi connectivity index (χ1) is 12.6. The maximum Gasteiger partial charge on any atom is 0.141 e. The molecular weight excluding hydrogens is 334 g/mol. The van der Waals surface area contributed by atoms with Crippen molar-refractivity contribution in [2.75, 3.05) is 7.11 Å². The number of imidazole rings is 1. The highest BCUT2D eigenvalue weighted by Gasteiger charge is 2.14. The van der Waals surface area contributed by atoms with E-state index in [2.05, 4.69) is 0 Å². The Kier molecular flexibility index (Phi) is 4.13. The standard InChI is InChI=1S/C21H16F2N2O/c1-26-18-10-11-20-19(12-18)24-21(15-4-8-17(23)9-5-15)25(20)13-14-2-6-16(22)7-3-14/h2-12H,13H2,1H3. The molecule has 4 rings (SSSR count). The highest BCUT2D eigenvalue weighted by atomic mass is 19.1. The van der Waals surface area contributed by atoms with Crippen molar-refractivity contribution in [1.29, 1.82) is 0 Å². The molecule has 130 valence electrons. The molecule has 0 fully saturated rings. The second kappa shape index (κ2) is 6.59. The Labute approximate surface area is 149 Å². The molecule has 26 heavy (non-hydrogen) atoms. The number of methoxy groups -OCH3 is 1. The van der Waals surface area contributed by atoms with Crippen LogP contribution in [-0.4, -0.2) is 16.7 Å². The van der Waals surface area contributed by atoms with Crippen LogP contribution in [0.15, 0.2) is 66.7 Å². The summed E-state index contributed by atoms with van der Waals surface area (Å²) in [5.74, 6) is 0.872. The highest BCUT2D eigenvalue weighted by Crippen LogP contribution is 2.28. The SMILES string of the molecule is COc1ccc2c(c1)nc(-c1ccc(F)cc1)n2Cc1ccc(F)cc1. The Bertz CT molecular complexity index is 1050. The predicted octanol–water partition coefficient (Wildman–Crippen LogP) is 5.04. The van der Waals surface area contributed by atoms with Crippen LogP contribution in [0.4, 0.5) is 8.78 Å². The Morgan fingerprint density at radius 2 is 1.54 bits per heavy atom. The van der Waals surface area contributed by atoms with E-state index in [9.17, 15) is 8.78 Å². The lowest BCUT2D eigenvalue weighted by molar-refractivity contribution is 0.415. The van der Waals surface area contributed by atoms with Gasteiger partial charge in [0, 0.05) is 18.2 Å². The summed E-state index contributed by atoms with van der Waals surface area (Å²) in [6.07, 6.45) is 0. The van der Waals surface area contributed by atoms with Gasteiger partial charge >= 0.3 is 0 Å². The first-order valence-electron chi connectivity index (χ1n) is 8.19.